The Labute approximate surface area is 56.6 Å². The molecule has 0 aromatic heterocycles. The average Bonchev–Trinajstić information content (AvgIpc) is 1.55. The summed E-state index contributed by atoms with van der Waals surface area (Å²) in [4.78, 5) is 0. The van der Waals surface area contributed by atoms with Gasteiger partial charge in [0.15, 0.2) is 0 Å². The third-order valence-electron chi connectivity index (χ3n) is 1.28. The smallest absolute Gasteiger partial charge is 0.00266 e. The van der Waals surface area contributed by atoms with Crippen molar-refractivity contribution in [1.29, 1.82) is 0 Å². The van der Waals surface area contributed by atoms with Gasteiger partial charge in [-0.2, -0.15) is 0 Å². The lowest BCUT2D eigenvalue weighted by atomic mass is 10.0. The molecule has 1 heterocycles. The van der Waals surface area contributed by atoms with Crippen LogP contribution in [0.3, 0.4) is 0 Å². The topological polar surface area (TPSA) is 12.0 Å². The molecule has 0 aromatic carbocycles. The summed E-state index contributed by atoms with van der Waals surface area (Å²) in [6.45, 7) is 4.44. The zero-order valence-corrected chi connectivity index (χ0v) is 5.87. The van der Waals surface area contributed by atoms with Crippen LogP contribution in [0, 0.1) is 5.92 Å². The first-order valence-electron chi connectivity index (χ1n) is 2.77. The van der Waals surface area contributed by atoms with Gasteiger partial charge >= 0.3 is 0 Å². The Hall–Kier alpha value is -0.0100. The number of rotatable bonds is 1. The van der Waals surface area contributed by atoms with Crippen LogP contribution in [0.4, 0.5) is 0 Å². The van der Waals surface area contributed by atoms with Crippen molar-refractivity contribution in [2.24, 2.45) is 5.92 Å². The van der Waals surface area contributed by atoms with Gasteiger partial charge in [0.2, 0.25) is 0 Å². The van der Waals surface area contributed by atoms with Crippen molar-refractivity contribution in [2.45, 2.75) is 6.92 Å². The highest BCUT2D eigenvalue weighted by Gasteiger charge is 2.10. The molecule has 1 aliphatic rings. The fourth-order valence-electron chi connectivity index (χ4n) is 0.719. The highest BCUT2D eigenvalue weighted by atomic mass is 35.5. The van der Waals surface area contributed by atoms with Crippen molar-refractivity contribution in [3.8, 4) is 0 Å². The summed E-state index contributed by atoms with van der Waals surface area (Å²) in [6, 6.07) is 0. The summed E-state index contributed by atoms with van der Waals surface area (Å²) < 4.78 is 0. The summed E-state index contributed by atoms with van der Waals surface area (Å²) in [6.07, 6.45) is 4.36. The van der Waals surface area contributed by atoms with E-state index >= 15 is 0 Å². The Kier molecular flexibility index (Phi) is 3.92. The molecule has 0 spiro atoms. The first-order valence-corrected chi connectivity index (χ1v) is 2.77. The van der Waals surface area contributed by atoms with Gasteiger partial charge in [-0.3, -0.25) is 0 Å². The Morgan fingerprint density at radius 3 is 2.25 bits per heavy atom. The first kappa shape index (κ1) is 7.99. The van der Waals surface area contributed by atoms with E-state index in [0.29, 0.717) is 0 Å². The minimum absolute atomic E-state index is 0. The Morgan fingerprint density at radius 2 is 2.12 bits per heavy atom. The molecule has 1 saturated heterocycles. The van der Waals surface area contributed by atoms with Crippen LogP contribution in [0.15, 0.2) is 12.2 Å². The number of hydrogen-bond donors (Lipinski definition) is 1. The fraction of sp³-hybridized carbons (Fsp3) is 0.667. The second kappa shape index (κ2) is 3.93. The lowest BCUT2D eigenvalue weighted by Crippen LogP contribution is -2.40. The largest absolute Gasteiger partial charge is 0.315 e. The Balaban J connectivity index is 0.000000490. The van der Waals surface area contributed by atoms with Crippen molar-refractivity contribution in [3.63, 3.8) is 0 Å². The average molecular weight is 134 g/mol. The lowest BCUT2D eigenvalue weighted by Gasteiger charge is -2.23. The van der Waals surface area contributed by atoms with Crippen molar-refractivity contribution in [3.05, 3.63) is 12.2 Å². The van der Waals surface area contributed by atoms with Crippen LogP contribution in [0.5, 0.6) is 0 Å². The molecule has 0 amide bonds. The first-order chi connectivity index (χ1) is 3.43. The highest BCUT2D eigenvalue weighted by Crippen LogP contribution is 2.02. The summed E-state index contributed by atoms with van der Waals surface area (Å²) in [5.41, 5.74) is 0. The molecule has 1 N–H and O–H groups in total. The normalized spacial score (nSPS) is 20.1. The van der Waals surface area contributed by atoms with Crippen LogP contribution < -0.4 is 5.32 Å². The van der Waals surface area contributed by atoms with Gasteiger partial charge in [0, 0.05) is 19.0 Å². The quantitative estimate of drug-likeness (QED) is 0.531. The van der Waals surface area contributed by atoms with Crippen LogP contribution in [-0.4, -0.2) is 13.1 Å². The molecular formula is C6H12ClN. The van der Waals surface area contributed by atoms with E-state index in [1.54, 1.807) is 0 Å². The predicted octanol–water partition coefficient (Wildman–Crippen LogP) is 1.20. The van der Waals surface area contributed by atoms with Gasteiger partial charge in [-0.1, -0.05) is 12.2 Å². The number of allylic oxidation sites excluding steroid dienone is 1. The molecule has 1 aliphatic heterocycles. The minimum atomic E-state index is 0. The summed E-state index contributed by atoms with van der Waals surface area (Å²) >= 11 is 0. The summed E-state index contributed by atoms with van der Waals surface area (Å²) in [5.74, 6) is 0.838. The van der Waals surface area contributed by atoms with Gasteiger partial charge in [-0.25, -0.2) is 0 Å². The molecule has 0 aromatic rings. The van der Waals surface area contributed by atoms with E-state index in [1.807, 2.05) is 0 Å². The van der Waals surface area contributed by atoms with E-state index in [9.17, 15) is 0 Å². The zero-order chi connectivity index (χ0) is 5.11. The maximum absolute atomic E-state index is 3.19. The monoisotopic (exact) mass is 133 g/mol. The van der Waals surface area contributed by atoms with Crippen LogP contribution in [0.2, 0.25) is 0 Å². The van der Waals surface area contributed by atoms with E-state index in [0.717, 1.165) is 5.92 Å². The van der Waals surface area contributed by atoms with Crippen LogP contribution >= 0.6 is 12.4 Å². The minimum Gasteiger partial charge on any atom is -0.315 e. The molecule has 8 heavy (non-hydrogen) atoms. The standard InChI is InChI=1S/C6H11N.ClH/c1-2-3-6-4-7-5-6;/h2-3,6-7H,4-5H2,1H3;1H/b3-2+;. The molecule has 0 aliphatic carbocycles. The van der Waals surface area contributed by atoms with Crippen LogP contribution in [0.1, 0.15) is 6.92 Å². The number of nitrogens with one attached hydrogen (secondary N) is 1. The number of halogens is 1. The maximum Gasteiger partial charge on any atom is 0.00266 e. The van der Waals surface area contributed by atoms with E-state index in [4.69, 9.17) is 0 Å². The van der Waals surface area contributed by atoms with Gasteiger partial charge < -0.3 is 5.32 Å². The highest BCUT2D eigenvalue weighted by molar-refractivity contribution is 5.85. The predicted molar refractivity (Wildman–Crippen MR) is 38.4 cm³/mol. The molecule has 0 radical (unpaired) electrons. The molecule has 1 fully saturated rings. The molecule has 2 heteroatoms. The van der Waals surface area contributed by atoms with Gasteiger partial charge in [0.05, 0.1) is 0 Å². The summed E-state index contributed by atoms with van der Waals surface area (Å²) in [7, 11) is 0. The molecule has 1 rings (SSSR count). The molecule has 0 atom stereocenters. The second-order valence-electron chi connectivity index (χ2n) is 1.94. The number of hydrogen-bond acceptors (Lipinski definition) is 1. The molecule has 1 nitrogen and oxygen atoms in total. The Morgan fingerprint density at radius 1 is 1.50 bits per heavy atom. The second-order valence-corrected chi connectivity index (χ2v) is 1.94. The third kappa shape index (κ3) is 1.85. The van der Waals surface area contributed by atoms with Gasteiger partial charge in [0.25, 0.3) is 0 Å². The van der Waals surface area contributed by atoms with Gasteiger partial charge in [-0.05, 0) is 6.92 Å². The van der Waals surface area contributed by atoms with E-state index in [1.165, 1.54) is 13.1 Å². The molecule has 0 bridgehead atoms. The molecule has 0 unspecified atom stereocenters. The Bertz CT molecular complexity index is 76.6. The van der Waals surface area contributed by atoms with Gasteiger partial charge in [0.1, 0.15) is 0 Å². The molecular weight excluding hydrogens is 122 g/mol. The van der Waals surface area contributed by atoms with Crippen molar-refractivity contribution >= 4 is 12.4 Å². The lowest BCUT2D eigenvalue weighted by molar-refractivity contribution is 0.418. The maximum atomic E-state index is 3.19. The molecule has 48 valence electrons. The van der Waals surface area contributed by atoms with Crippen LogP contribution in [-0.2, 0) is 0 Å². The van der Waals surface area contributed by atoms with Crippen molar-refractivity contribution in [1.82, 2.24) is 5.32 Å². The van der Waals surface area contributed by atoms with E-state index in [2.05, 4.69) is 24.4 Å². The van der Waals surface area contributed by atoms with Gasteiger partial charge in [-0.15, -0.1) is 12.4 Å². The fourth-order valence-corrected chi connectivity index (χ4v) is 0.719. The van der Waals surface area contributed by atoms with Crippen molar-refractivity contribution in [2.75, 3.05) is 13.1 Å². The third-order valence-corrected chi connectivity index (χ3v) is 1.28. The summed E-state index contributed by atoms with van der Waals surface area (Å²) in [5, 5.41) is 3.19. The van der Waals surface area contributed by atoms with E-state index < -0.39 is 0 Å². The van der Waals surface area contributed by atoms with Crippen LogP contribution in [0.25, 0.3) is 0 Å². The molecule has 0 saturated carbocycles. The zero-order valence-electron chi connectivity index (χ0n) is 5.05. The van der Waals surface area contributed by atoms with Crippen molar-refractivity contribution < 1.29 is 0 Å². The van der Waals surface area contributed by atoms with E-state index in [-0.39, 0.29) is 12.4 Å². The SMILES string of the molecule is C/C=C/C1CNC1.Cl.